The van der Waals surface area contributed by atoms with Gasteiger partial charge in [0.15, 0.2) is 11.6 Å². The molecule has 230 valence electrons. The number of β-amino-alcohol motifs (C(OH)–C–C–N with tert-alkyl or cyclic N) is 1. The van der Waals surface area contributed by atoms with Gasteiger partial charge in [0.1, 0.15) is 0 Å². The molecule has 0 aliphatic carbocycles. The highest BCUT2D eigenvalue weighted by molar-refractivity contribution is 6.36. The Morgan fingerprint density at radius 1 is 0.955 bits per heavy atom. The second kappa shape index (κ2) is 12.2. The van der Waals surface area contributed by atoms with Gasteiger partial charge in [-0.3, -0.25) is 14.5 Å². The summed E-state index contributed by atoms with van der Waals surface area (Å²) in [4.78, 5) is 38.1. The first kappa shape index (κ1) is 30.0. The maximum atomic E-state index is 13.5. The molecule has 4 heterocycles. The van der Waals surface area contributed by atoms with Gasteiger partial charge >= 0.3 is 0 Å². The Bertz CT molecular complexity index is 1760. The predicted molar refractivity (Wildman–Crippen MR) is 170 cm³/mol. The van der Waals surface area contributed by atoms with Crippen LogP contribution in [-0.4, -0.2) is 66.7 Å². The summed E-state index contributed by atoms with van der Waals surface area (Å²) >= 11 is 6.89. The van der Waals surface area contributed by atoms with Crippen molar-refractivity contribution in [3.05, 3.63) is 81.4 Å². The molecule has 4 aromatic rings. The van der Waals surface area contributed by atoms with Crippen molar-refractivity contribution in [2.45, 2.75) is 45.9 Å². The summed E-state index contributed by atoms with van der Waals surface area (Å²) in [5.41, 5.74) is 7.36. The van der Waals surface area contributed by atoms with Crippen molar-refractivity contribution < 1.29 is 14.7 Å². The number of aliphatic hydroxyl groups is 1. The number of hydrogen-bond donors (Lipinski definition) is 4. The minimum atomic E-state index is -0.424. The van der Waals surface area contributed by atoms with Crippen LogP contribution in [0.2, 0.25) is 5.02 Å². The highest BCUT2D eigenvalue weighted by Crippen LogP contribution is 2.37. The summed E-state index contributed by atoms with van der Waals surface area (Å²) in [5, 5.41) is 19.5. The third-order valence-corrected chi connectivity index (χ3v) is 8.92. The smallest absolute Gasteiger partial charge is 0.291 e. The molecular weight excluding hydrogens is 580 g/mol. The van der Waals surface area contributed by atoms with Gasteiger partial charge < -0.3 is 30.2 Å². The van der Waals surface area contributed by atoms with Crippen molar-refractivity contribution >= 4 is 34.8 Å². The first-order chi connectivity index (χ1) is 21.1. The molecule has 0 saturated heterocycles. The van der Waals surface area contributed by atoms with Crippen molar-refractivity contribution in [3.8, 4) is 11.1 Å². The summed E-state index contributed by atoms with van der Waals surface area (Å²) < 4.78 is 3.71. The SMILES string of the molecule is Cc1c(NC(=O)c2nc3c(n2C)CCN(C[C@H](C)O)C3)cccc1-c1cccc(NC(=O)c2nc3c(n2C)CCNC3)c1Cl. The van der Waals surface area contributed by atoms with Gasteiger partial charge in [-0.1, -0.05) is 35.9 Å². The number of carbonyl (C=O) groups is 2. The van der Waals surface area contributed by atoms with Gasteiger partial charge in [-0.2, -0.15) is 0 Å². The Hall–Kier alpha value is -4.03. The van der Waals surface area contributed by atoms with Gasteiger partial charge in [0.25, 0.3) is 11.8 Å². The molecule has 2 aliphatic heterocycles. The fourth-order valence-electron chi connectivity index (χ4n) is 6.23. The number of amides is 2. The number of rotatable bonds is 7. The highest BCUT2D eigenvalue weighted by Gasteiger charge is 2.27. The van der Waals surface area contributed by atoms with Crippen LogP contribution in [0.4, 0.5) is 11.4 Å². The van der Waals surface area contributed by atoms with E-state index in [-0.39, 0.29) is 11.8 Å². The lowest BCUT2D eigenvalue weighted by atomic mass is 9.98. The van der Waals surface area contributed by atoms with Crippen LogP contribution in [0.1, 0.15) is 56.5 Å². The second-order valence-corrected chi connectivity index (χ2v) is 12.0. The number of benzene rings is 2. The topological polar surface area (TPSA) is 129 Å². The number of nitrogens with one attached hydrogen (secondary N) is 3. The zero-order valence-corrected chi connectivity index (χ0v) is 26.1. The lowest BCUT2D eigenvalue weighted by Crippen LogP contribution is -2.36. The Kier molecular flexibility index (Phi) is 8.30. The maximum absolute atomic E-state index is 13.5. The van der Waals surface area contributed by atoms with E-state index in [0.29, 0.717) is 47.7 Å². The molecule has 44 heavy (non-hydrogen) atoms. The number of fused-ring (bicyclic) bond motifs is 2. The second-order valence-electron chi connectivity index (χ2n) is 11.6. The van der Waals surface area contributed by atoms with Crippen molar-refractivity contribution in [1.82, 2.24) is 29.3 Å². The van der Waals surface area contributed by atoms with Gasteiger partial charge in [0.2, 0.25) is 0 Å². The quantitative estimate of drug-likeness (QED) is 0.249. The zero-order valence-electron chi connectivity index (χ0n) is 25.4. The van der Waals surface area contributed by atoms with Crippen LogP contribution in [0.5, 0.6) is 0 Å². The first-order valence-electron chi connectivity index (χ1n) is 14.8. The van der Waals surface area contributed by atoms with Crippen LogP contribution in [0, 0.1) is 6.92 Å². The first-order valence-corrected chi connectivity index (χ1v) is 15.2. The minimum Gasteiger partial charge on any atom is -0.392 e. The Balaban J connectivity index is 1.22. The van der Waals surface area contributed by atoms with Gasteiger partial charge in [0.05, 0.1) is 28.2 Å². The van der Waals surface area contributed by atoms with Crippen LogP contribution in [-0.2, 0) is 40.0 Å². The van der Waals surface area contributed by atoms with E-state index < -0.39 is 6.10 Å². The lowest BCUT2D eigenvalue weighted by molar-refractivity contribution is 0.100. The Labute approximate surface area is 261 Å². The summed E-state index contributed by atoms with van der Waals surface area (Å²) in [7, 11) is 3.73. The van der Waals surface area contributed by atoms with Gasteiger partial charge in [-0.25, -0.2) is 9.97 Å². The third kappa shape index (κ3) is 5.63. The molecule has 1 atom stereocenters. The van der Waals surface area contributed by atoms with E-state index in [1.807, 2.05) is 60.5 Å². The Morgan fingerprint density at radius 2 is 1.57 bits per heavy atom. The van der Waals surface area contributed by atoms with Crippen molar-refractivity contribution in [3.63, 3.8) is 0 Å². The van der Waals surface area contributed by atoms with Crippen molar-refractivity contribution in [2.75, 3.05) is 30.3 Å². The Morgan fingerprint density at radius 3 is 2.25 bits per heavy atom. The molecule has 0 unspecified atom stereocenters. The molecule has 0 fully saturated rings. The molecule has 0 spiro atoms. The van der Waals surface area contributed by atoms with Gasteiger partial charge in [0, 0.05) is 82.3 Å². The fraction of sp³-hybridized carbons (Fsp3) is 0.375. The van der Waals surface area contributed by atoms with E-state index >= 15 is 0 Å². The molecule has 4 N–H and O–H groups in total. The van der Waals surface area contributed by atoms with Crippen LogP contribution in [0.3, 0.4) is 0 Å². The molecule has 6 rings (SSSR count). The monoisotopic (exact) mass is 616 g/mol. The van der Waals surface area contributed by atoms with Gasteiger partial charge in [-0.05, 0) is 37.1 Å². The third-order valence-electron chi connectivity index (χ3n) is 8.51. The number of nitrogens with zero attached hydrogens (tertiary/aromatic N) is 5. The molecular formula is C32H37ClN8O3. The molecule has 2 aliphatic rings. The molecule has 2 amide bonds. The van der Waals surface area contributed by atoms with Crippen molar-refractivity contribution in [2.24, 2.45) is 14.1 Å². The number of anilines is 2. The number of aromatic nitrogens is 4. The standard InChI is InChI=1S/C32H37ClN8O3/c1-18(42)16-41-14-12-27-25(17-41)36-30(40(27)4)31(43)37-22-9-5-7-20(19(22)2)21-8-6-10-23(28(21)33)38-32(44)29-35-24-15-34-13-11-26(24)39(29)3/h5-10,18,34,42H,11-17H2,1-4H3,(H,37,43)(H,38,44)/t18-/m0/s1. The van der Waals surface area contributed by atoms with E-state index in [0.717, 1.165) is 65.4 Å². The maximum Gasteiger partial charge on any atom is 0.291 e. The molecule has 11 nitrogen and oxygen atoms in total. The van der Waals surface area contributed by atoms with E-state index in [9.17, 15) is 14.7 Å². The largest absolute Gasteiger partial charge is 0.392 e. The van der Waals surface area contributed by atoms with Gasteiger partial charge in [-0.15, -0.1) is 0 Å². The molecule has 2 aromatic heterocycles. The number of hydrogen-bond acceptors (Lipinski definition) is 7. The summed E-state index contributed by atoms with van der Waals surface area (Å²) in [6, 6.07) is 11.1. The van der Waals surface area contributed by atoms with E-state index in [1.54, 1.807) is 13.0 Å². The van der Waals surface area contributed by atoms with E-state index in [2.05, 4.69) is 30.8 Å². The van der Waals surface area contributed by atoms with E-state index in [4.69, 9.17) is 11.6 Å². The normalized spacial score (nSPS) is 15.4. The summed E-state index contributed by atoms with van der Waals surface area (Å²) in [5.74, 6) is 0.0515. The average Bonchev–Trinajstić information content (AvgIpc) is 3.51. The molecule has 12 heteroatoms. The molecule has 0 bridgehead atoms. The number of carbonyl (C=O) groups excluding carboxylic acids is 2. The molecule has 0 saturated carbocycles. The van der Waals surface area contributed by atoms with Crippen LogP contribution < -0.4 is 16.0 Å². The number of halogens is 1. The van der Waals surface area contributed by atoms with Crippen LogP contribution in [0.25, 0.3) is 11.1 Å². The van der Waals surface area contributed by atoms with E-state index in [1.165, 1.54) is 0 Å². The summed E-state index contributed by atoms with van der Waals surface area (Å²) in [6.45, 7) is 7.17. The minimum absolute atomic E-state index is 0.302. The fourth-order valence-corrected chi connectivity index (χ4v) is 6.50. The molecule has 0 radical (unpaired) electrons. The lowest BCUT2D eigenvalue weighted by Gasteiger charge is -2.27. The van der Waals surface area contributed by atoms with Crippen LogP contribution in [0.15, 0.2) is 36.4 Å². The number of imidazole rings is 2. The summed E-state index contributed by atoms with van der Waals surface area (Å²) in [6.07, 6.45) is 1.16. The van der Waals surface area contributed by atoms with Crippen molar-refractivity contribution in [1.29, 1.82) is 0 Å². The number of aliphatic hydroxyl groups excluding tert-OH is 1. The highest BCUT2D eigenvalue weighted by atomic mass is 35.5. The zero-order chi connectivity index (χ0) is 31.1. The molecule has 2 aromatic carbocycles. The average molecular weight is 617 g/mol. The predicted octanol–water partition coefficient (Wildman–Crippen LogP) is 3.67. The van der Waals surface area contributed by atoms with Crippen LogP contribution >= 0.6 is 11.6 Å².